The summed E-state index contributed by atoms with van der Waals surface area (Å²) in [5.41, 5.74) is 6.28. The highest BCUT2D eigenvalue weighted by atomic mass is 16.5. The maximum atomic E-state index is 6.35. The van der Waals surface area contributed by atoms with Gasteiger partial charge in [0, 0.05) is 34.7 Å². The number of pyridine rings is 2. The number of hydrogen-bond acceptors (Lipinski definition) is 5. The SMILES string of the molecule is c1ccc(-c2cccc(Oc3ccc4c5ccccc5n(-c5cc6c(cn5)oc5cncn56)c4c3)c2)nc1. The molecule has 8 rings (SSSR count). The molecule has 7 nitrogen and oxygen atoms in total. The Hall–Kier alpha value is -5.43. The summed E-state index contributed by atoms with van der Waals surface area (Å²) in [7, 11) is 0. The summed E-state index contributed by atoms with van der Waals surface area (Å²) in [4.78, 5) is 13.4. The normalized spacial score (nSPS) is 11.7. The van der Waals surface area contributed by atoms with Crippen molar-refractivity contribution in [1.29, 1.82) is 0 Å². The predicted molar refractivity (Wildman–Crippen MR) is 147 cm³/mol. The molecule has 180 valence electrons. The first-order valence-corrected chi connectivity index (χ1v) is 12.3. The number of fused-ring (bicyclic) bond motifs is 6. The predicted octanol–water partition coefficient (Wildman–Crippen LogP) is 7.43. The van der Waals surface area contributed by atoms with Gasteiger partial charge < -0.3 is 9.15 Å². The number of ether oxygens (including phenoxy) is 1. The Kier molecular flexibility index (Phi) is 4.39. The molecular formula is C31H19N5O2. The second kappa shape index (κ2) is 8.04. The monoisotopic (exact) mass is 493 g/mol. The van der Waals surface area contributed by atoms with Gasteiger partial charge in [0.25, 0.3) is 0 Å². The van der Waals surface area contributed by atoms with Crippen molar-refractivity contribution in [2.75, 3.05) is 0 Å². The van der Waals surface area contributed by atoms with Gasteiger partial charge >= 0.3 is 0 Å². The summed E-state index contributed by atoms with van der Waals surface area (Å²) >= 11 is 0. The lowest BCUT2D eigenvalue weighted by molar-refractivity contribution is 0.483. The van der Waals surface area contributed by atoms with Gasteiger partial charge in [-0.3, -0.25) is 14.0 Å². The van der Waals surface area contributed by atoms with Crippen molar-refractivity contribution in [2.45, 2.75) is 0 Å². The summed E-state index contributed by atoms with van der Waals surface area (Å²) in [6, 6.07) is 30.4. The van der Waals surface area contributed by atoms with Crippen molar-refractivity contribution >= 4 is 38.6 Å². The summed E-state index contributed by atoms with van der Waals surface area (Å²) in [6.07, 6.45) is 7.01. The zero-order valence-corrected chi connectivity index (χ0v) is 20.0. The Morgan fingerprint density at radius 3 is 2.53 bits per heavy atom. The van der Waals surface area contributed by atoms with Crippen LogP contribution in [0.2, 0.25) is 0 Å². The number of nitrogens with zero attached hydrogens (tertiary/aromatic N) is 5. The summed E-state index contributed by atoms with van der Waals surface area (Å²) < 4.78 is 16.3. The van der Waals surface area contributed by atoms with Crippen molar-refractivity contribution < 1.29 is 9.15 Å². The van der Waals surface area contributed by atoms with Crippen LogP contribution >= 0.6 is 0 Å². The fourth-order valence-corrected chi connectivity index (χ4v) is 5.11. The Labute approximate surface area is 216 Å². The highest BCUT2D eigenvalue weighted by Crippen LogP contribution is 2.36. The van der Waals surface area contributed by atoms with Crippen molar-refractivity contribution in [1.82, 2.24) is 23.9 Å². The molecule has 8 aromatic rings. The van der Waals surface area contributed by atoms with E-state index >= 15 is 0 Å². The number of hydrogen-bond donors (Lipinski definition) is 0. The number of para-hydroxylation sites is 1. The second-order valence-corrected chi connectivity index (χ2v) is 9.09. The largest absolute Gasteiger partial charge is 0.457 e. The van der Waals surface area contributed by atoms with E-state index in [0.717, 1.165) is 55.9 Å². The van der Waals surface area contributed by atoms with Gasteiger partial charge in [-0.1, -0.05) is 36.4 Å². The van der Waals surface area contributed by atoms with E-state index in [9.17, 15) is 0 Å². The van der Waals surface area contributed by atoms with E-state index in [2.05, 4.69) is 44.9 Å². The van der Waals surface area contributed by atoms with E-state index in [1.165, 1.54) is 0 Å². The molecule has 0 unspecified atom stereocenters. The van der Waals surface area contributed by atoms with Crippen LogP contribution in [0.25, 0.3) is 55.7 Å². The molecule has 0 bridgehead atoms. The van der Waals surface area contributed by atoms with Crippen molar-refractivity contribution in [3.63, 3.8) is 0 Å². The average Bonchev–Trinajstić information content (AvgIpc) is 3.65. The molecule has 0 saturated carbocycles. The third kappa shape index (κ3) is 3.19. The number of benzene rings is 3. The quantitative estimate of drug-likeness (QED) is 0.255. The molecule has 0 spiro atoms. The zero-order valence-electron chi connectivity index (χ0n) is 20.0. The van der Waals surface area contributed by atoms with Gasteiger partial charge in [-0.2, -0.15) is 0 Å². The first kappa shape index (κ1) is 20.7. The van der Waals surface area contributed by atoms with Crippen LogP contribution in [0.3, 0.4) is 0 Å². The molecule has 5 aromatic heterocycles. The molecule has 0 radical (unpaired) electrons. The summed E-state index contributed by atoms with van der Waals surface area (Å²) in [6.45, 7) is 0. The molecule has 0 fully saturated rings. The van der Waals surface area contributed by atoms with Gasteiger partial charge in [0.15, 0.2) is 5.58 Å². The molecule has 5 heterocycles. The van der Waals surface area contributed by atoms with Crippen LogP contribution < -0.4 is 4.74 Å². The molecule has 3 aromatic carbocycles. The van der Waals surface area contributed by atoms with Crippen molar-refractivity contribution in [2.24, 2.45) is 0 Å². The molecule has 0 N–H and O–H groups in total. The van der Waals surface area contributed by atoms with Gasteiger partial charge in [0.2, 0.25) is 5.71 Å². The highest BCUT2D eigenvalue weighted by Gasteiger charge is 2.16. The van der Waals surface area contributed by atoms with Crippen LogP contribution in [0.1, 0.15) is 0 Å². The van der Waals surface area contributed by atoms with Crippen LogP contribution in [0.4, 0.5) is 0 Å². The lowest BCUT2D eigenvalue weighted by Gasteiger charge is -2.10. The summed E-state index contributed by atoms with van der Waals surface area (Å²) in [5.74, 6) is 2.27. The fourth-order valence-electron chi connectivity index (χ4n) is 5.11. The van der Waals surface area contributed by atoms with Gasteiger partial charge in [-0.05, 0) is 42.5 Å². The minimum Gasteiger partial charge on any atom is -0.457 e. The molecule has 0 amide bonds. The smallest absolute Gasteiger partial charge is 0.224 e. The lowest BCUT2D eigenvalue weighted by Crippen LogP contribution is -1.97. The Balaban J connectivity index is 1.28. The van der Waals surface area contributed by atoms with Gasteiger partial charge in [-0.15, -0.1) is 0 Å². The maximum absolute atomic E-state index is 6.35. The summed E-state index contributed by atoms with van der Waals surface area (Å²) in [5, 5.41) is 2.27. The first-order valence-electron chi connectivity index (χ1n) is 12.3. The van der Waals surface area contributed by atoms with Crippen LogP contribution in [-0.2, 0) is 0 Å². The van der Waals surface area contributed by atoms with Gasteiger partial charge in [-0.25, -0.2) is 9.97 Å². The Morgan fingerprint density at radius 2 is 1.58 bits per heavy atom. The number of oxazole rings is 1. The Morgan fingerprint density at radius 1 is 0.684 bits per heavy atom. The molecular weight excluding hydrogens is 474 g/mol. The molecule has 0 saturated heterocycles. The van der Waals surface area contributed by atoms with Gasteiger partial charge in [0.1, 0.15) is 23.6 Å². The molecule has 0 aliphatic rings. The number of aromatic nitrogens is 5. The van der Waals surface area contributed by atoms with E-state index in [1.807, 2.05) is 65.1 Å². The topological polar surface area (TPSA) is 70.4 Å². The number of imidazole rings is 1. The second-order valence-electron chi connectivity index (χ2n) is 9.09. The van der Waals surface area contributed by atoms with E-state index in [0.29, 0.717) is 11.3 Å². The van der Waals surface area contributed by atoms with E-state index in [-0.39, 0.29) is 0 Å². The van der Waals surface area contributed by atoms with Crippen molar-refractivity contribution in [3.05, 3.63) is 116 Å². The fraction of sp³-hybridized carbons (Fsp3) is 0. The van der Waals surface area contributed by atoms with E-state index < -0.39 is 0 Å². The van der Waals surface area contributed by atoms with Gasteiger partial charge in [0.05, 0.1) is 34.6 Å². The number of rotatable bonds is 4. The van der Waals surface area contributed by atoms with E-state index in [1.54, 1.807) is 24.9 Å². The molecule has 7 heteroatoms. The zero-order chi connectivity index (χ0) is 25.1. The minimum absolute atomic E-state index is 0.685. The van der Waals surface area contributed by atoms with Crippen molar-refractivity contribution in [3.8, 4) is 28.6 Å². The molecule has 0 aliphatic heterocycles. The first-order chi connectivity index (χ1) is 18.8. The van der Waals surface area contributed by atoms with Crippen LogP contribution in [0, 0.1) is 0 Å². The van der Waals surface area contributed by atoms with Crippen LogP contribution in [0.5, 0.6) is 11.5 Å². The minimum atomic E-state index is 0.685. The third-order valence-electron chi connectivity index (χ3n) is 6.82. The standard InChI is InChI=1S/C31H19N5O2/c1-2-10-26-23(8-1)24-12-11-22(37-21-7-5-6-20(14-21)25-9-3-4-13-33-25)15-27(24)36(26)30-16-28-29(17-34-30)38-31-18-32-19-35(28)31/h1-19H. The van der Waals surface area contributed by atoms with E-state index in [4.69, 9.17) is 14.1 Å². The maximum Gasteiger partial charge on any atom is 0.224 e. The van der Waals surface area contributed by atoms with Crippen LogP contribution in [-0.4, -0.2) is 23.9 Å². The average molecular weight is 494 g/mol. The Bertz CT molecular complexity index is 2120. The molecule has 0 atom stereocenters. The molecule has 0 aliphatic carbocycles. The highest BCUT2D eigenvalue weighted by molar-refractivity contribution is 6.09. The third-order valence-corrected chi connectivity index (χ3v) is 6.82. The lowest BCUT2D eigenvalue weighted by atomic mass is 10.1. The molecule has 38 heavy (non-hydrogen) atoms. The van der Waals surface area contributed by atoms with Crippen LogP contribution in [0.15, 0.2) is 120 Å².